The number of aromatic nitrogens is 2. The van der Waals surface area contributed by atoms with Crippen LogP contribution in [0.4, 0.5) is 4.79 Å². The standard InChI is InChI=1S/C25H25Cl2N5O2S/c1-25(2,3)30-24(34)29-12-11-28-22(33)20-14-17-21(15-7-5-4-6-8-15)31-32(23(17)35-20)16-9-10-18(26)19(27)13-16/h4-10,13-14H,11-12H2,1-3H3,(H,28,33)(H2,29,30,34). The van der Waals surface area contributed by atoms with Crippen molar-refractivity contribution < 1.29 is 9.59 Å². The molecule has 182 valence electrons. The zero-order valence-electron chi connectivity index (χ0n) is 19.5. The van der Waals surface area contributed by atoms with Gasteiger partial charge >= 0.3 is 6.03 Å². The van der Waals surface area contributed by atoms with Crippen LogP contribution in [-0.4, -0.2) is 40.3 Å². The lowest BCUT2D eigenvalue weighted by Crippen LogP contribution is -2.48. The maximum Gasteiger partial charge on any atom is 0.315 e. The van der Waals surface area contributed by atoms with Gasteiger partial charge in [0.2, 0.25) is 0 Å². The van der Waals surface area contributed by atoms with Gasteiger partial charge in [-0.25, -0.2) is 9.48 Å². The maximum absolute atomic E-state index is 12.9. The number of hydrogen-bond acceptors (Lipinski definition) is 4. The number of carbonyl (C=O) groups excluding carboxylic acids is 2. The van der Waals surface area contributed by atoms with E-state index in [1.54, 1.807) is 16.8 Å². The number of benzene rings is 2. The van der Waals surface area contributed by atoms with E-state index in [0.717, 1.165) is 27.2 Å². The van der Waals surface area contributed by atoms with E-state index in [1.807, 2.05) is 63.2 Å². The number of halogens is 2. The Labute approximate surface area is 217 Å². The fourth-order valence-corrected chi connectivity index (χ4v) is 4.79. The van der Waals surface area contributed by atoms with Crippen LogP contribution in [0.1, 0.15) is 30.4 Å². The molecule has 0 aliphatic rings. The minimum Gasteiger partial charge on any atom is -0.350 e. The van der Waals surface area contributed by atoms with E-state index < -0.39 is 0 Å². The third-order valence-electron chi connectivity index (χ3n) is 4.96. The third-order valence-corrected chi connectivity index (χ3v) is 6.81. The van der Waals surface area contributed by atoms with Gasteiger partial charge in [-0.1, -0.05) is 53.5 Å². The summed E-state index contributed by atoms with van der Waals surface area (Å²) in [6.07, 6.45) is 0. The number of nitrogens with zero attached hydrogens (tertiary/aromatic N) is 2. The summed E-state index contributed by atoms with van der Waals surface area (Å²) < 4.78 is 1.78. The smallest absolute Gasteiger partial charge is 0.315 e. The van der Waals surface area contributed by atoms with Gasteiger partial charge in [0.25, 0.3) is 5.91 Å². The first kappa shape index (κ1) is 25.0. The van der Waals surface area contributed by atoms with E-state index in [4.69, 9.17) is 28.3 Å². The fraction of sp³-hybridized carbons (Fsp3) is 0.240. The average molecular weight is 530 g/mol. The van der Waals surface area contributed by atoms with Crippen molar-refractivity contribution in [3.63, 3.8) is 0 Å². The molecule has 2 heterocycles. The van der Waals surface area contributed by atoms with E-state index in [1.165, 1.54) is 11.3 Å². The highest BCUT2D eigenvalue weighted by atomic mass is 35.5. The van der Waals surface area contributed by atoms with Gasteiger partial charge in [-0.3, -0.25) is 4.79 Å². The van der Waals surface area contributed by atoms with Gasteiger partial charge in [0.1, 0.15) is 10.5 Å². The Bertz CT molecular complexity index is 1380. The molecule has 3 amide bonds. The SMILES string of the molecule is CC(C)(C)NC(=O)NCCNC(=O)c1cc2c(-c3ccccc3)nn(-c3ccc(Cl)c(Cl)c3)c2s1. The second kappa shape index (κ2) is 10.3. The summed E-state index contributed by atoms with van der Waals surface area (Å²) in [6, 6.07) is 16.7. The summed E-state index contributed by atoms with van der Waals surface area (Å²) >= 11 is 13.7. The number of rotatable bonds is 6. The molecular weight excluding hydrogens is 505 g/mol. The molecule has 0 saturated heterocycles. The summed E-state index contributed by atoms with van der Waals surface area (Å²) in [5, 5.41) is 15.0. The Balaban J connectivity index is 1.58. The molecule has 0 radical (unpaired) electrons. The molecule has 10 heteroatoms. The molecule has 7 nitrogen and oxygen atoms in total. The van der Waals surface area contributed by atoms with Crippen LogP contribution in [0.25, 0.3) is 27.2 Å². The Kier molecular flexibility index (Phi) is 7.35. The van der Waals surface area contributed by atoms with E-state index in [-0.39, 0.29) is 17.5 Å². The largest absolute Gasteiger partial charge is 0.350 e. The number of nitrogens with one attached hydrogen (secondary N) is 3. The van der Waals surface area contributed by atoms with Crippen molar-refractivity contribution in [2.45, 2.75) is 26.3 Å². The normalized spacial score (nSPS) is 11.5. The van der Waals surface area contributed by atoms with Gasteiger partial charge < -0.3 is 16.0 Å². The quantitative estimate of drug-likeness (QED) is 0.272. The van der Waals surface area contributed by atoms with Crippen LogP contribution in [0.3, 0.4) is 0 Å². The number of hydrogen-bond donors (Lipinski definition) is 3. The van der Waals surface area contributed by atoms with Gasteiger partial charge in [0, 0.05) is 29.6 Å². The van der Waals surface area contributed by atoms with Crippen molar-refractivity contribution in [1.29, 1.82) is 0 Å². The Morgan fingerprint density at radius 1 is 0.971 bits per heavy atom. The van der Waals surface area contributed by atoms with Gasteiger partial charge in [-0.05, 0) is 45.0 Å². The second-order valence-electron chi connectivity index (χ2n) is 8.94. The van der Waals surface area contributed by atoms with Crippen LogP contribution in [0.5, 0.6) is 0 Å². The molecule has 0 spiro atoms. The van der Waals surface area contributed by atoms with Crippen LogP contribution in [0.15, 0.2) is 54.6 Å². The maximum atomic E-state index is 12.9. The summed E-state index contributed by atoms with van der Waals surface area (Å²) in [5.74, 6) is -0.219. The van der Waals surface area contributed by atoms with Gasteiger partial charge in [-0.2, -0.15) is 5.10 Å². The molecular formula is C25H25Cl2N5O2S. The predicted molar refractivity (Wildman–Crippen MR) is 143 cm³/mol. The molecule has 4 rings (SSSR count). The number of fused-ring (bicyclic) bond motifs is 1. The number of amides is 3. The lowest BCUT2D eigenvalue weighted by molar-refractivity contribution is 0.0958. The van der Waals surface area contributed by atoms with Crippen molar-refractivity contribution >= 4 is 56.7 Å². The highest BCUT2D eigenvalue weighted by Crippen LogP contribution is 2.36. The van der Waals surface area contributed by atoms with Crippen molar-refractivity contribution in [2.24, 2.45) is 0 Å². The summed E-state index contributed by atoms with van der Waals surface area (Å²) in [7, 11) is 0. The van der Waals surface area contributed by atoms with E-state index in [2.05, 4.69) is 16.0 Å². The molecule has 0 atom stereocenters. The number of thiophene rings is 1. The van der Waals surface area contributed by atoms with E-state index in [9.17, 15) is 9.59 Å². The zero-order chi connectivity index (χ0) is 25.2. The van der Waals surface area contributed by atoms with Gasteiger partial charge in [0.05, 0.1) is 20.6 Å². The summed E-state index contributed by atoms with van der Waals surface area (Å²) in [6.45, 7) is 6.32. The van der Waals surface area contributed by atoms with Crippen molar-refractivity contribution in [3.8, 4) is 16.9 Å². The molecule has 0 saturated carbocycles. The molecule has 4 aromatic rings. The Hall–Kier alpha value is -3.07. The third kappa shape index (κ3) is 5.96. The highest BCUT2D eigenvalue weighted by molar-refractivity contribution is 7.20. The first-order chi connectivity index (χ1) is 16.6. The molecule has 0 aliphatic carbocycles. The molecule has 0 unspecified atom stereocenters. The summed E-state index contributed by atoms with van der Waals surface area (Å²) in [4.78, 5) is 26.1. The van der Waals surface area contributed by atoms with Crippen LogP contribution in [-0.2, 0) is 0 Å². The Morgan fingerprint density at radius 3 is 2.37 bits per heavy atom. The molecule has 35 heavy (non-hydrogen) atoms. The van der Waals surface area contributed by atoms with Crippen molar-refractivity contribution in [3.05, 3.63) is 69.5 Å². The topological polar surface area (TPSA) is 88.1 Å². The van der Waals surface area contributed by atoms with Gasteiger partial charge in [0.15, 0.2) is 0 Å². The van der Waals surface area contributed by atoms with Crippen LogP contribution < -0.4 is 16.0 Å². The van der Waals surface area contributed by atoms with Crippen molar-refractivity contribution in [2.75, 3.05) is 13.1 Å². The molecule has 0 bridgehead atoms. The van der Waals surface area contributed by atoms with E-state index >= 15 is 0 Å². The zero-order valence-corrected chi connectivity index (χ0v) is 21.8. The van der Waals surface area contributed by atoms with E-state index in [0.29, 0.717) is 28.0 Å². The molecule has 0 fully saturated rings. The summed E-state index contributed by atoms with van der Waals surface area (Å²) in [5.41, 5.74) is 2.12. The number of carbonyl (C=O) groups is 2. The highest BCUT2D eigenvalue weighted by Gasteiger charge is 2.20. The first-order valence-electron chi connectivity index (χ1n) is 11.0. The molecule has 3 N–H and O–H groups in total. The van der Waals surface area contributed by atoms with Gasteiger partial charge in [-0.15, -0.1) is 11.3 Å². The predicted octanol–water partition coefficient (Wildman–Crippen LogP) is 5.89. The second-order valence-corrected chi connectivity index (χ2v) is 10.8. The minimum atomic E-state index is -0.330. The lowest BCUT2D eigenvalue weighted by atomic mass is 10.1. The minimum absolute atomic E-state index is 0.219. The molecule has 0 aliphatic heterocycles. The fourth-order valence-electron chi connectivity index (χ4n) is 3.44. The lowest BCUT2D eigenvalue weighted by Gasteiger charge is -2.20. The average Bonchev–Trinajstić information content (AvgIpc) is 3.38. The van der Waals surface area contributed by atoms with Crippen LogP contribution >= 0.6 is 34.5 Å². The van der Waals surface area contributed by atoms with Crippen LogP contribution in [0.2, 0.25) is 10.0 Å². The first-order valence-corrected chi connectivity index (χ1v) is 12.6. The monoisotopic (exact) mass is 529 g/mol. The number of urea groups is 1. The van der Waals surface area contributed by atoms with Crippen LogP contribution in [0, 0.1) is 0 Å². The van der Waals surface area contributed by atoms with Crippen molar-refractivity contribution in [1.82, 2.24) is 25.7 Å². The Morgan fingerprint density at radius 2 is 1.69 bits per heavy atom. The molecule has 2 aromatic heterocycles. The molecule has 2 aromatic carbocycles.